The van der Waals surface area contributed by atoms with E-state index < -0.39 is 0 Å². The summed E-state index contributed by atoms with van der Waals surface area (Å²) in [6.45, 7) is 4.85. The van der Waals surface area contributed by atoms with E-state index in [1.807, 2.05) is 35.2 Å². The molecule has 2 aromatic rings. The van der Waals surface area contributed by atoms with Crippen molar-refractivity contribution in [3.8, 4) is 5.75 Å². The fraction of sp³-hybridized carbons (Fsp3) is 0.542. The molecule has 2 atom stereocenters. The van der Waals surface area contributed by atoms with Gasteiger partial charge in [-0.2, -0.15) is 0 Å². The van der Waals surface area contributed by atoms with E-state index in [-0.39, 0.29) is 18.1 Å². The minimum absolute atomic E-state index is 0.0983. The third-order valence-corrected chi connectivity index (χ3v) is 6.96. The number of amides is 1. The molecule has 1 amide bonds. The molecule has 0 N–H and O–H groups in total. The van der Waals surface area contributed by atoms with Crippen LogP contribution in [0.2, 0.25) is 0 Å². The maximum atomic E-state index is 12.9. The van der Waals surface area contributed by atoms with Crippen molar-refractivity contribution in [2.45, 2.75) is 43.7 Å². The molecule has 5 nitrogen and oxygen atoms in total. The summed E-state index contributed by atoms with van der Waals surface area (Å²) in [5.74, 6) is 0.855. The molecule has 5 rings (SSSR count). The Labute approximate surface area is 172 Å². The molecule has 3 saturated heterocycles. The van der Waals surface area contributed by atoms with Crippen LogP contribution in [0, 0.1) is 0 Å². The fourth-order valence-electron chi connectivity index (χ4n) is 5.19. The molecule has 2 aromatic carbocycles. The first-order valence-corrected chi connectivity index (χ1v) is 11.0. The molecule has 0 saturated carbocycles. The zero-order chi connectivity index (χ0) is 19.7. The first kappa shape index (κ1) is 18.9. The lowest BCUT2D eigenvalue weighted by molar-refractivity contribution is -0.143. The van der Waals surface area contributed by atoms with Gasteiger partial charge in [0.25, 0.3) is 5.91 Å². The van der Waals surface area contributed by atoms with Crippen molar-refractivity contribution in [3.63, 3.8) is 0 Å². The lowest BCUT2D eigenvalue weighted by atomic mass is 9.77. The zero-order valence-corrected chi connectivity index (χ0v) is 17.0. The van der Waals surface area contributed by atoms with Crippen molar-refractivity contribution in [3.05, 3.63) is 42.5 Å². The predicted octanol–water partition coefficient (Wildman–Crippen LogP) is 3.46. The summed E-state index contributed by atoms with van der Waals surface area (Å²) in [5, 5.41) is 2.31. The van der Waals surface area contributed by atoms with Gasteiger partial charge in [-0.05, 0) is 55.0 Å². The number of hydrogen-bond acceptors (Lipinski definition) is 4. The number of benzene rings is 2. The Hall–Kier alpha value is -2.11. The standard InChI is InChI=1S/C24H30N2O3/c27-23(17-29-21-9-8-19-5-1-2-6-20(19)15-21)25-12-4-10-24(18-25)11-13-26(24)16-22-7-3-14-28-22/h1-2,5-6,8-9,15,22H,3-4,7,10-14,16-18H2/t22-,24+/m1/s1. The Balaban J connectivity index is 1.18. The van der Waals surface area contributed by atoms with Gasteiger partial charge >= 0.3 is 0 Å². The molecule has 0 aliphatic carbocycles. The summed E-state index contributed by atoms with van der Waals surface area (Å²) in [5.41, 5.74) is 0.169. The minimum Gasteiger partial charge on any atom is -0.484 e. The number of carbonyl (C=O) groups is 1. The summed E-state index contributed by atoms with van der Waals surface area (Å²) in [6, 6.07) is 14.2. The number of carbonyl (C=O) groups excluding carboxylic acids is 1. The van der Waals surface area contributed by atoms with Gasteiger partial charge in [0.05, 0.1) is 6.10 Å². The lowest BCUT2D eigenvalue weighted by Gasteiger charge is -2.57. The monoisotopic (exact) mass is 394 g/mol. The van der Waals surface area contributed by atoms with Crippen molar-refractivity contribution in [2.75, 3.05) is 39.4 Å². The first-order valence-electron chi connectivity index (χ1n) is 11.0. The second kappa shape index (κ2) is 7.96. The van der Waals surface area contributed by atoms with Crippen LogP contribution in [0.1, 0.15) is 32.1 Å². The van der Waals surface area contributed by atoms with Crippen LogP contribution in [0.25, 0.3) is 10.8 Å². The van der Waals surface area contributed by atoms with Gasteiger partial charge in [0.15, 0.2) is 6.61 Å². The SMILES string of the molecule is O=C(COc1ccc2ccccc2c1)N1CCC[C@]2(CCN2C[C@H]2CCCO2)C1. The number of rotatable bonds is 5. The predicted molar refractivity (Wildman–Crippen MR) is 113 cm³/mol. The molecule has 0 aromatic heterocycles. The number of hydrogen-bond donors (Lipinski definition) is 0. The van der Waals surface area contributed by atoms with Gasteiger partial charge in [0.1, 0.15) is 5.75 Å². The molecule has 29 heavy (non-hydrogen) atoms. The van der Waals surface area contributed by atoms with E-state index in [4.69, 9.17) is 9.47 Å². The number of likely N-dealkylation sites (tertiary alicyclic amines) is 2. The summed E-state index contributed by atoms with van der Waals surface area (Å²) < 4.78 is 11.7. The molecule has 3 heterocycles. The Morgan fingerprint density at radius 3 is 2.79 bits per heavy atom. The quantitative estimate of drug-likeness (QED) is 0.779. The van der Waals surface area contributed by atoms with E-state index in [1.165, 1.54) is 31.1 Å². The van der Waals surface area contributed by atoms with Gasteiger partial charge in [-0.15, -0.1) is 0 Å². The lowest BCUT2D eigenvalue weighted by Crippen LogP contribution is -2.68. The van der Waals surface area contributed by atoms with Crippen LogP contribution in [0.15, 0.2) is 42.5 Å². The van der Waals surface area contributed by atoms with Gasteiger partial charge in [0, 0.05) is 38.3 Å². The first-order chi connectivity index (χ1) is 14.2. The van der Waals surface area contributed by atoms with E-state index in [0.29, 0.717) is 6.10 Å². The Bertz CT molecular complexity index is 879. The van der Waals surface area contributed by atoms with Crippen molar-refractivity contribution in [2.24, 2.45) is 0 Å². The Kier molecular flexibility index (Phi) is 5.18. The fourth-order valence-corrected chi connectivity index (χ4v) is 5.19. The topological polar surface area (TPSA) is 42.0 Å². The van der Waals surface area contributed by atoms with Crippen LogP contribution in [0.3, 0.4) is 0 Å². The summed E-state index contributed by atoms with van der Waals surface area (Å²) >= 11 is 0. The normalized spacial score (nSPS) is 27.3. The highest BCUT2D eigenvalue weighted by atomic mass is 16.5. The average Bonchev–Trinajstić information content (AvgIpc) is 3.28. The highest BCUT2D eigenvalue weighted by Crippen LogP contribution is 2.39. The van der Waals surface area contributed by atoms with Gasteiger partial charge in [0.2, 0.25) is 0 Å². The van der Waals surface area contributed by atoms with Crippen molar-refractivity contribution in [1.29, 1.82) is 0 Å². The highest BCUT2D eigenvalue weighted by molar-refractivity contribution is 5.84. The van der Waals surface area contributed by atoms with E-state index in [0.717, 1.165) is 50.3 Å². The summed E-state index contributed by atoms with van der Waals surface area (Å²) in [7, 11) is 0. The van der Waals surface area contributed by atoms with Crippen molar-refractivity contribution in [1.82, 2.24) is 9.80 Å². The second-order valence-electron chi connectivity index (χ2n) is 8.77. The molecule has 3 aliphatic rings. The maximum Gasteiger partial charge on any atom is 0.260 e. The van der Waals surface area contributed by atoms with Gasteiger partial charge < -0.3 is 14.4 Å². The largest absolute Gasteiger partial charge is 0.484 e. The molecular weight excluding hydrogens is 364 g/mol. The maximum absolute atomic E-state index is 12.9. The van der Waals surface area contributed by atoms with Crippen LogP contribution in [0.4, 0.5) is 0 Å². The zero-order valence-electron chi connectivity index (χ0n) is 17.0. The third kappa shape index (κ3) is 3.86. The van der Waals surface area contributed by atoms with E-state index in [2.05, 4.69) is 17.0 Å². The van der Waals surface area contributed by atoms with Crippen LogP contribution in [0.5, 0.6) is 5.75 Å². The average molecular weight is 395 g/mol. The summed E-state index contributed by atoms with van der Waals surface area (Å²) in [4.78, 5) is 17.5. The Morgan fingerprint density at radius 1 is 1.10 bits per heavy atom. The number of fused-ring (bicyclic) bond motifs is 1. The number of ether oxygens (including phenoxy) is 2. The van der Waals surface area contributed by atoms with Crippen LogP contribution in [-0.4, -0.2) is 66.7 Å². The van der Waals surface area contributed by atoms with Crippen molar-refractivity contribution >= 4 is 16.7 Å². The van der Waals surface area contributed by atoms with Crippen LogP contribution >= 0.6 is 0 Å². The van der Waals surface area contributed by atoms with Gasteiger partial charge in [-0.3, -0.25) is 9.69 Å². The molecule has 3 aliphatic heterocycles. The molecule has 5 heteroatoms. The third-order valence-electron chi connectivity index (χ3n) is 6.96. The molecule has 0 radical (unpaired) electrons. The van der Waals surface area contributed by atoms with Gasteiger partial charge in [-0.25, -0.2) is 0 Å². The summed E-state index contributed by atoms with van der Waals surface area (Å²) in [6.07, 6.45) is 6.19. The second-order valence-corrected chi connectivity index (χ2v) is 8.77. The van der Waals surface area contributed by atoms with Crippen LogP contribution < -0.4 is 4.74 Å². The van der Waals surface area contributed by atoms with Crippen molar-refractivity contribution < 1.29 is 14.3 Å². The highest BCUT2D eigenvalue weighted by Gasteiger charge is 2.48. The molecule has 0 unspecified atom stereocenters. The molecule has 0 bridgehead atoms. The van der Waals surface area contributed by atoms with E-state index in [1.54, 1.807) is 0 Å². The molecular formula is C24H30N2O3. The minimum atomic E-state index is 0.0983. The molecule has 3 fully saturated rings. The number of nitrogens with zero attached hydrogens (tertiary/aromatic N) is 2. The van der Waals surface area contributed by atoms with E-state index in [9.17, 15) is 4.79 Å². The van der Waals surface area contributed by atoms with Gasteiger partial charge in [-0.1, -0.05) is 30.3 Å². The van der Waals surface area contributed by atoms with Crippen LogP contribution in [-0.2, 0) is 9.53 Å². The number of piperidine rings is 1. The molecule has 1 spiro atoms. The molecule has 154 valence electrons. The Morgan fingerprint density at radius 2 is 2.00 bits per heavy atom. The van der Waals surface area contributed by atoms with E-state index >= 15 is 0 Å². The smallest absolute Gasteiger partial charge is 0.260 e.